The lowest BCUT2D eigenvalue weighted by atomic mass is 10.0. The van der Waals surface area contributed by atoms with Crippen LogP contribution in [0.4, 0.5) is 0 Å². The van der Waals surface area contributed by atoms with E-state index in [2.05, 4.69) is 20.9 Å². The molecule has 0 spiro atoms. The Bertz CT molecular complexity index is 812. The first-order chi connectivity index (χ1) is 10.7. The molecule has 0 bridgehead atoms. The fourth-order valence-corrected chi connectivity index (χ4v) is 2.99. The summed E-state index contributed by atoms with van der Waals surface area (Å²) in [5.41, 5.74) is 1.48. The van der Waals surface area contributed by atoms with Crippen LogP contribution in [0.5, 0.6) is 0 Å². The number of carbonyl (C=O) groups excluding carboxylic acids is 1. The van der Waals surface area contributed by atoms with Crippen molar-refractivity contribution in [3.63, 3.8) is 0 Å². The van der Waals surface area contributed by atoms with Crippen molar-refractivity contribution in [2.75, 3.05) is 0 Å². The van der Waals surface area contributed by atoms with E-state index in [1.165, 1.54) is 0 Å². The molecule has 2 aromatic carbocycles. The third kappa shape index (κ3) is 2.88. The molecule has 22 heavy (non-hydrogen) atoms. The quantitative estimate of drug-likeness (QED) is 0.626. The molecule has 4 heteroatoms. The second kappa shape index (κ2) is 6.28. The zero-order valence-electron chi connectivity index (χ0n) is 12.0. The Morgan fingerprint density at radius 3 is 2.50 bits per heavy atom. The summed E-state index contributed by atoms with van der Waals surface area (Å²) in [6.45, 7) is 1.85. The van der Waals surface area contributed by atoms with E-state index in [0.717, 1.165) is 20.8 Å². The fourth-order valence-electron chi connectivity index (χ4n) is 2.39. The number of rotatable bonds is 3. The standard InChI is InChI=1S/C18H14BrNO2/c1-12(13-8-10-20-11-9-13)22-18(21)15-6-2-4-14-5-3-7-16(19)17(14)15/h2-12H,1H3/t12-/m1/s1. The first-order valence-corrected chi connectivity index (χ1v) is 7.74. The molecule has 3 rings (SSSR count). The number of aromatic nitrogens is 1. The minimum absolute atomic E-state index is 0.326. The van der Waals surface area contributed by atoms with Crippen LogP contribution in [-0.4, -0.2) is 11.0 Å². The van der Waals surface area contributed by atoms with Crippen LogP contribution in [0, 0.1) is 0 Å². The lowest BCUT2D eigenvalue weighted by Crippen LogP contribution is -2.10. The second-order valence-electron chi connectivity index (χ2n) is 4.97. The normalized spacial score (nSPS) is 12.1. The van der Waals surface area contributed by atoms with Crippen LogP contribution in [0.15, 0.2) is 65.4 Å². The van der Waals surface area contributed by atoms with E-state index in [-0.39, 0.29) is 12.1 Å². The number of pyridine rings is 1. The van der Waals surface area contributed by atoms with E-state index in [4.69, 9.17) is 4.74 Å². The Kier molecular flexibility index (Phi) is 4.20. The summed E-state index contributed by atoms with van der Waals surface area (Å²) in [6, 6.07) is 15.2. The van der Waals surface area contributed by atoms with Gasteiger partial charge in [-0.05, 0) is 42.1 Å². The molecular weight excluding hydrogens is 342 g/mol. The smallest absolute Gasteiger partial charge is 0.339 e. The van der Waals surface area contributed by atoms with Gasteiger partial charge in [-0.15, -0.1) is 0 Å². The summed E-state index contributed by atoms with van der Waals surface area (Å²) in [5.74, 6) is -0.332. The predicted molar refractivity (Wildman–Crippen MR) is 89.7 cm³/mol. The van der Waals surface area contributed by atoms with E-state index >= 15 is 0 Å². The summed E-state index contributed by atoms with van der Waals surface area (Å²) in [5, 5.41) is 1.87. The van der Waals surface area contributed by atoms with E-state index in [0.29, 0.717) is 5.56 Å². The first-order valence-electron chi connectivity index (χ1n) is 6.95. The van der Waals surface area contributed by atoms with Gasteiger partial charge in [-0.3, -0.25) is 4.98 Å². The van der Waals surface area contributed by atoms with Gasteiger partial charge >= 0.3 is 5.97 Å². The van der Waals surface area contributed by atoms with E-state index in [9.17, 15) is 4.79 Å². The zero-order chi connectivity index (χ0) is 15.5. The molecule has 0 saturated carbocycles. The molecule has 0 aliphatic rings. The van der Waals surface area contributed by atoms with Crippen LogP contribution in [0.3, 0.4) is 0 Å². The SMILES string of the molecule is C[C@@H](OC(=O)c1cccc2cccc(Br)c12)c1ccncc1. The predicted octanol–water partition coefficient (Wildman–Crippen LogP) is 4.92. The van der Waals surface area contributed by atoms with Gasteiger partial charge in [-0.1, -0.05) is 40.2 Å². The van der Waals surface area contributed by atoms with Gasteiger partial charge in [0.2, 0.25) is 0 Å². The maximum absolute atomic E-state index is 12.5. The minimum atomic E-state index is -0.332. The zero-order valence-corrected chi connectivity index (χ0v) is 13.6. The number of halogens is 1. The second-order valence-corrected chi connectivity index (χ2v) is 5.83. The Morgan fingerprint density at radius 1 is 1.09 bits per heavy atom. The molecule has 0 N–H and O–H groups in total. The highest BCUT2D eigenvalue weighted by molar-refractivity contribution is 9.10. The van der Waals surface area contributed by atoms with Gasteiger partial charge in [-0.2, -0.15) is 0 Å². The number of esters is 1. The van der Waals surface area contributed by atoms with Gasteiger partial charge in [-0.25, -0.2) is 4.79 Å². The Balaban J connectivity index is 1.93. The summed E-state index contributed by atoms with van der Waals surface area (Å²) >= 11 is 3.51. The van der Waals surface area contributed by atoms with Crippen molar-refractivity contribution >= 4 is 32.7 Å². The lowest BCUT2D eigenvalue weighted by Gasteiger charge is -2.14. The minimum Gasteiger partial charge on any atom is -0.454 e. The Morgan fingerprint density at radius 2 is 1.77 bits per heavy atom. The number of fused-ring (bicyclic) bond motifs is 1. The fraction of sp³-hybridized carbons (Fsp3) is 0.111. The van der Waals surface area contributed by atoms with Crippen molar-refractivity contribution in [2.45, 2.75) is 13.0 Å². The molecule has 0 aliphatic heterocycles. The van der Waals surface area contributed by atoms with Gasteiger partial charge in [0.1, 0.15) is 6.10 Å². The van der Waals surface area contributed by atoms with Crippen molar-refractivity contribution in [3.8, 4) is 0 Å². The van der Waals surface area contributed by atoms with Crippen molar-refractivity contribution < 1.29 is 9.53 Å². The molecular formula is C18H14BrNO2. The highest BCUT2D eigenvalue weighted by Gasteiger charge is 2.17. The summed E-state index contributed by atoms with van der Waals surface area (Å²) in [6.07, 6.45) is 3.05. The van der Waals surface area contributed by atoms with Gasteiger partial charge in [0.25, 0.3) is 0 Å². The molecule has 3 nitrogen and oxygen atoms in total. The molecule has 1 aromatic heterocycles. The largest absolute Gasteiger partial charge is 0.454 e. The lowest BCUT2D eigenvalue weighted by molar-refractivity contribution is 0.0340. The molecule has 110 valence electrons. The van der Waals surface area contributed by atoms with Gasteiger partial charge in [0, 0.05) is 22.3 Å². The Hall–Kier alpha value is -2.20. The average Bonchev–Trinajstić information content (AvgIpc) is 2.55. The summed E-state index contributed by atoms with van der Waals surface area (Å²) < 4.78 is 6.48. The molecule has 3 aromatic rings. The highest BCUT2D eigenvalue weighted by atomic mass is 79.9. The summed E-state index contributed by atoms with van der Waals surface area (Å²) in [4.78, 5) is 16.5. The van der Waals surface area contributed by atoms with Crippen molar-refractivity contribution in [1.29, 1.82) is 0 Å². The highest BCUT2D eigenvalue weighted by Crippen LogP contribution is 2.29. The molecule has 0 amide bonds. The van der Waals surface area contributed by atoms with Gasteiger partial charge in [0.15, 0.2) is 0 Å². The summed E-state index contributed by atoms with van der Waals surface area (Å²) in [7, 11) is 0. The molecule has 0 aliphatic carbocycles. The molecule has 0 saturated heterocycles. The number of hydrogen-bond acceptors (Lipinski definition) is 3. The van der Waals surface area contributed by atoms with Crippen LogP contribution >= 0.6 is 15.9 Å². The first kappa shape index (κ1) is 14.7. The van der Waals surface area contributed by atoms with E-state index in [1.807, 2.05) is 49.4 Å². The van der Waals surface area contributed by atoms with Crippen LogP contribution in [-0.2, 0) is 4.74 Å². The number of hydrogen-bond donors (Lipinski definition) is 0. The van der Waals surface area contributed by atoms with Crippen molar-refractivity contribution in [2.24, 2.45) is 0 Å². The van der Waals surface area contributed by atoms with Crippen LogP contribution in [0.2, 0.25) is 0 Å². The topological polar surface area (TPSA) is 39.2 Å². The number of ether oxygens (including phenoxy) is 1. The van der Waals surface area contributed by atoms with Crippen molar-refractivity contribution in [3.05, 3.63) is 76.5 Å². The van der Waals surface area contributed by atoms with Crippen LogP contribution in [0.25, 0.3) is 10.8 Å². The van der Waals surface area contributed by atoms with Gasteiger partial charge < -0.3 is 4.74 Å². The number of carbonyl (C=O) groups is 1. The average molecular weight is 356 g/mol. The van der Waals surface area contributed by atoms with Gasteiger partial charge in [0.05, 0.1) is 5.56 Å². The molecule has 0 fully saturated rings. The number of nitrogens with zero attached hydrogens (tertiary/aromatic N) is 1. The maximum atomic E-state index is 12.5. The molecule has 0 unspecified atom stereocenters. The third-order valence-corrected chi connectivity index (χ3v) is 4.19. The monoisotopic (exact) mass is 355 g/mol. The maximum Gasteiger partial charge on any atom is 0.339 e. The van der Waals surface area contributed by atoms with Crippen molar-refractivity contribution in [1.82, 2.24) is 4.98 Å². The molecule has 0 radical (unpaired) electrons. The molecule has 1 heterocycles. The van der Waals surface area contributed by atoms with Crippen LogP contribution in [0.1, 0.15) is 28.9 Å². The number of benzene rings is 2. The van der Waals surface area contributed by atoms with E-state index in [1.54, 1.807) is 18.5 Å². The third-order valence-electron chi connectivity index (χ3n) is 3.53. The van der Waals surface area contributed by atoms with Crippen LogP contribution < -0.4 is 0 Å². The Labute approximate surface area is 137 Å². The van der Waals surface area contributed by atoms with E-state index < -0.39 is 0 Å². The molecule has 1 atom stereocenters.